The third-order valence-corrected chi connectivity index (χ3v) is 0.803. The highest BCUT2D eigenvalue weighted by Crippen LogP contribution is 2.14. The van der Waals surface area contributed by atoms with Crippen molar-refractivity contribution in [2.24, 2.45) is 0 Å². The largest absolute Gasteiger partial charge is 0.450 e. The lowest BCUT2D eigenvalue weighted by molar-refractivity contribution is -0.252. The van der Waals surface area contributed by atoms with E-state index < -0.39 is 11.9 Å². The quantitative estimate of drug-likeness (QED) is 0.311. The van der Waals surface area contributed by atoms with Gasteiger partial charge < -0.3 is 10.2 Å². The standard InChI is InChI=1S/C6H4O5.H2O/c1-2-5(7)10-11-6(8)4-3-9-4;/h2-3H,1H2;1H2. The highest BCUT2D eigenvalue weighted by Gasteiger charge is 2.24. The van der Waals surface area contributed by atoms with Gasteiger partial charge in [0.25, 0.3) is 5.76 Å². The van der Waals surface area contributed by atoms with Gasteiger partial charge in [0.1, 0.15) is 6.26 Å². The van der Waals surface area contributed by atoms with Crippen LogP contribution in [0.25, 0.3) is 0 Å². The van der Waals surface area contributed by atoms with E-state index in [0.29, 0.717) is 0 Å². The lowest BCUT2D eigenvalue weighted by Gasteiger charge is -1.94. The number of ether oxygens (including phenoxy) is 1. The summed E-state index contributed by atoms with van der Waals surface area (Å²) in [6.07, 6.45) is 2.04. The maximum Gasteiger partial charge on any atom is 0.424 e. The molecule has 0 fully saturated rings. The van der Waals surface area contributed by atoms with Crippen LogP contribution in [-0.4, -0.2) is 17.4 Å². The molecule has 6 heteroatoms. The molecule has 0 bridgehead atoms. The molecule has 1 heterocycles. The molecule has 1 rings (SSSR count). The van der Waals surface area contributed by atoms with Crippen molar-refractivity contribution < 1.29 is 29.6 Å². The molecular formula is C6H6O6. The van der Waals surface area contributed by atoms with Gasteiger partial charge in [-0.25, -0.2) is 19.4 Å². The van der Waals surface area contributed by atoms with Crippen LogP contribution in [0.3, 0.4) is 0 Å². The maximum atomic E-state index is 10.5. The Morgan fingerprint density at radius 2 is 2.08 bits per heavy atom. The summed E-state index contributed by atoms with van der Waals surface area (Å²) in [5.74, 6) is -1.64. The third kappa shape index (κ3) is 2.84. The molecule has 0 amide bonds. The first-order chi connectivity index (χ1) is 5.24. The van der Waals surface area contributed by atoms with Crippen molar-refractivity contribution >= 4 is 11.9 Å². The first-order valence-electron chi connectivity index (χ1n) is 2.66. The normalized spacial score (nSPS) is 11.2. The molecule has 1 aliphatic heterocycles. The van der Waals surface area contributed by atoms with Crippen molar-refractivity contribution in [2.75, 3.05) is 0 Å². The van der Waals surface area contributed by atoms with E-state index in [-0.39, 0.29) is 11.2 Å². The number of rotatable bonds is 2. The van der Waals surface area contributed by atoms with E-state index in [1.807, 2.05) is 0 Å². The monoisotopic (exact) mass is 174 g/mol. The summed E-state index contributed by atoms with van der Waals surface area (Å²) in [5, 5.41) is 0. The molecule has 12 heavy (non-hydrogen) atoms. The molecule has 2 N–H and O–H groups in total. The van der Waals surface area contributed by atoms with Crippen molar-refractivity contribution in [3.05, 3.63) is 24.7 Å². The van der Waals surface area contributed by atoms with E-state index in [4.69, 9.17) is 0 Å². The molecule has 0 aromatic heterocycles. The van der Waals surface area contributed by atoms with Crippen LogP contribution in [0, 0.1) is 0 Å². The van der Waals surface area contributed by atoms with Crippen LogP contribution in [0.4, 0.5) is 0 Å². The Hall–Kier alpha value is -1.82. The van der Waals surface area contributed by atoms with Crippen molar-refractivity contribution in [1.29, 1.82) is 0 Å². The lowest BCUT2D eigenvalue weighted by atomic mass is 10.6. The fourth-order valence-electron chi connectivity index (χ4n) is 0.280. The van der Waals surface area contributed by atoms with Gasteiger partial charge in [-0.15, -0.1) is 0 Å². The van der Waals surface area contributed by atoms with Crippen LogP contribution >= 0.6 is 0 Å². The van der Waals surface area contributed by atoms with E-state index >= 15 is 0 Å². The second-order valence-electron chi connectivity index (χ2n) is 1.58. The predicted molar refractivity (Wildman–Crippen MR) is 35.2 cm³/mol. The summed E-state index contributed by atoms with van der Waals surface area (Å²) in [6, 6.07) is 0. The van der Waals surface area contributed by atoms with Gasteiger partial charge in [0.15, 0.2) is 0 Å². The van der Waals surface area contributed by atoms with Crippen molar-refractivity contribution in [3.63, 3.8) is 0 Å². The number of hydrogen-bond donors (Lipinski definition) is 0. The average Bonchev–Trinajstić information content (AvgIpc) is 2.81. The Kier molecular flexibility index (Phi) is 3.51. The summed E-state index contributed by atoms with van der Waals surface area (Å²) in [4.78, 5) is 28.7. The fourth-order valence-corrected chi connectivity index (χ4v) is 0.280. The number of carbonyl (C=O) groups is 2. The molecule has 6 nitrogen and oxygen atoms in total. The van der Waals surface area contributed by atoms with Gasteiger partial charge in [0.05, 0.1) is 0 Å². The zero-order valence-electron chi connectivity index (χ0n) is 5.90. The van der Waals surface area contributed by atoms with Gasteiger partial charge in [0.2, 0.25) is 0 Å². The van der Waals surface area contributed by atoms with E-state index in [1.54, 1.807) is 0 Å². The molecule has 0 aromatic carbocycles. The van der Waals surface area contributed by atoms with Gasteiger partial charge in [-0.3, -0.25) is 0 Å². The average molecular weight is 174 g/mol. The SMILES string of the molecule is C=CC(=O)OOC(=O)C1=CO1.O. The molecule has 0 saturated carbocycles. The Morgan fingerprint density at radius 3 is 2.50 bits per heavy atom. The molecule has 66 valence electrons. The summed E-state index contributed by atoms with van der Waals surface area (Å²) >= 11 is 0. The minimum Gasteiger partial charge on any atom is -0.450 e. The highest BCUT2D eigenvalue weighted by molar-refractivity contribution is 5.89. The molecular weight excluding hydrogens is 168 g/mol. The number of carbonyl (C=O) groups excluding carboxylic acids is 2. The Morgan fingerprint density at radius 1 is 1.50 bits per heavy atom. The van der Waals surface area contributed by atoms with Crippen LogP contribution in [0.5, 0.6) is 0 Å². The van der Waals surface area contributed by atoms with Gasteiger partial charge in [-0.05, 0) is 0 Å². The summed E-state index contributed by atoms with van der Waals surface area (Å²) < 4.78 is 4.34. The second kappa shape index (κ2) is 4.14. The van der Waals surface area contributed by atoms with E-state index in [2.05, 4.69) is 21.1 Å². The van der Waals surface area contributed by atoms with Crippen LogP contribution < -0.4 is 0 Å². The van der Waals surface area contributed by atoms with E-state index in [0.717, 1.165) is 6.08 Å². The number of hydrogen-bond acceptors (Lipinski definition) is 5. The minimum absolute atomic E-state index is 0. The van der Waals surface area contributed by atoms with Crippen molar-refractivity contribution in [2.45, 2.75) is 0 Å². The molecule has 0 radical (unpaired) electrons. The fraction of sp³-hybridized carbons (Fsp3) is 0. The Balaban J connectivity index is 0.00000121. The second-order valence-corrected chi connectivity index (χ2v) is 1.58. The maximum absolute atomic E-state index is 10.5. The molecule has 1 aliphatic rings. The first-order valence-corrected chi connectivity index (χ1v) is 2.66. The van der Waals surface area contributed by atoms with Gasteiger partial charge >= 0.3 is 11.9 Å². The zero-order chi connectivity index (χ0) is 8.27. The smallest absolute Gasteiger partial charge is 0.424 e. The van der Waals surface area contributed by atoms with Gasteiger partial charge in [0, 0.05) is 6.08 Å². The summed E-state index contributed by atoms with van der Waals surface area (Å²) in [5.41, 5.74) is 0. The van der Waals surface area contributed by atoms with Crippen LogP contribution in [0.1, 0.15) is 0 Å². The highest BCUT2D eigenvalue weighted by atomic mass is 17.2. The molecule has 0 spiro atoms. The van der Waals surface area contributed by atoms with Crippen LogP contribution in [0.15, 0.2) is 24.7 Å². The third-order valence-electron chi connectivity index (χ3n) is 0.803. The van der Waals surface area contributed by atoms with E-state index in [9.17, 15) is 9.59 Å². The first kappa shape index (κ1) is 10.2. The van der Waals surface area contributed by atoms with Crippen molar-refractivity contribution in [3.8, 4) is 0 Å². The molecule has 0 saturated heterocycles. The van der Waals surface area contributed by atoms with Gasteiger partial charge in [-0.2, -0.15) is 0 Å². The topological polar surface area (TPSA) is 96.6 Å². The zero-order valence-corrected chi connectivity index (χ0v) is 5.90. The van der Waals surface area contributed by atoms with Crippen molar-refractivity contribution in [1.82, 2.24) is 0 Å². The van der Waals surface area contributed by atoms with E-state index in [1.165, 1.54) is 6.26 Å². The molecule has 0 aliphatic carbocycles. The molecule has 0 unspecified atom stereocenters. The summed E-state index contributed by atoms with van der Waals surface area (Å²) in [6.45, 7) is 3.09. The predicted octanol–water partition coefficient (Wildman–Crippen LogP) is -0.779. The molecule has 0 aromatic rings. The van der Waals surface area contributed by atoms with Gasteiger partial charge in [-0.1, -0.05) is 6.58 Å². The Labute approximate surface area is 67.3 Å². The Bertz CT molecular complexity index is 240. The lowest BCUT2D eigenvalue weighted by Crippen LogP contribution is -2.07. The van der Waals surface area contributed by atoms with Crippen LogP contribution in [-0.2, 0) is 24.1 Å². The summed E-state index contributed by atoms with van der Waals surface area (Å²) in [7, 11) is 0. The van der Waals surface area contributed by atoms with Crippen LogP contribution in [0.2, 0.25) is 0 Å². The minimum atomic E-state index is -0.834. The molecule has 0 atom stereocenters.